The number of ether oxygens (including phenoxy) is 1. The number of amides is 2. The van der Waals surface area contributed by atoms with Crippen LogP contribution in [-0.2, 0) is 19.6 Å². The lowest BCUT2D eigenvalue weighted by molar-refractivity contribution is -0.125. The van der Waals surface area contributed by atoms with Gasteiger partial charge in [0.15, 0.2) is 6.61 Å². The van der Waals surface area contributed by atoms with Crippen molar-refractivity contribution in [3.63, 3.8) is 0 Å². The van der Waals surface area contributed by atoms with Gasteiger partial charge in [-0.05, 0) is 51.7 Å². The largest absolute Gasteiger partial charge is 0.482 e. The minimum Gasteiger partial charge on any atom is -0.482 e. The highest BCUT2D eigenvalue weighted by Gasteiger charge is 2.41. The summed E-state index contributed by atoms with van der Waals surface area (Å²) in [4.78, 5) is 24.3. The van der Waals surface area contributed by atoms with Crippen LogP contribution in [0.4, 0.5) is 5.69 Å². The van der Waals surface area contributed by atoms with E-state index in [1.165, 1.54) is 10.4 Å². The summed E-state index contributed by atoms with van der Waals surface area (Å²) in [5.74, 6) is -0.236. The highest BCUT2D eigenvalue weighted by atomic mass is 32.2. The zero-order valence-electron chi connectivity index (χ0n) is 16.7. The van der Waals surface area contributed by atoms with Crippen LogP contribution in [-0.4, -0.2) is 49.3 Å². The van der Waals surface area contributed by atoms with Gasteiger partial charge in [0.1, 0.15) is 11.8 Å². The van der Waals surface area contributed by atoms with Crippen LogP contribution in [0.2, 0.25) is 0 Å². The first-order valence-corrected chi connectivity index (χ1v) is 10.9. The third-order valence-corrected chi connectivity index (χ3v) is 7.40. The number of carbonyl (C=O) groups is 2. The topological polar surface area (TPSA) is 105 Å². The normalized spacial score (nSPS) is 20.3. The third kappa shape index (κ3) is 3.86. The van der Waals surface area contributed by atoms with E-state index in [1.54, 1.807) is 13.0 Å². The summed E-state index contributed by atoms with van der Waals surface area (Å²) in [7, 11) is -3.89. The second-order valence-corrected chi connectivity index (χ2v) is 9.81. The zero-order chi connectivity index (χ0) is 20.7. The van der Waals surface area contributed by atoms with Crippen molar-refractivity contribution in [3.05, 3.63) is 17.7 Å². The second kappa shape index (κ2) is 7.36. The second-order valence-electron chi connectivity index (χ2n) is 7.95. The molecule has 28 heavy (non-hydrogen) atoms. The summed E-state index contributed by atoms with van der Waals surface area (Å²) in [5.41, 5.74) is 0.542. The van der Waals surface area contributed by atoms with Crippen LogP contribution >= 0.6 is 0 Å². The number of anilines is 1. The van der Waals surface area contributed by atoms with Crippen LogP contribution in [0, 0.1) is 6.92 Å². The predicted molar refractivity (Wildman–Crippen MR) is 105 cm³/mol. The minimum atomic E-state index is -3.89. The SMILES string of the molecule is CCC(C)(C)NC(=O)C1CCCN1S(=O)(=O)c1cc2c(cc1C)NC(=O)CO2. The molecule has 9 heteroatoms. The summed E-state index contributed by atoms with van der Waals surface area (Å²) in [5, 5.41) is 5.63. The van der Waals surface area contributed by atoms with E-state index in [2.05, 4.69) is 10.6 Å². The summed E-state index contributed by atoms with van der Waals surface area (Å²) < 4.78 is 33.4. The molecule has 1 saturated heterocycles. The van der Waals surface area contributed by atoms with E-state index in [0.29, 0.717) is 36.4 Å². The minimum absolute atomic E-state index is 0.0943. The Morgan fingerprint density at radius 3 is 2.79 bits per heavy atom. The van der Waals surface area contributed by atoms with Crippen LogP contribution < -0.4 is 15.4 Å². The van der Waals surface area contributed by atoms with Crippen molar-refractivity contribution in [1.29, 1.82) is 0 Å². The molecule has 2 amide bonds. The fourth-order valence-corrected chi connectivity index (χ4v) is 5.30. The molecule has 0 bridgehead atoms. The molecule has 0 saturated carbocycles. The molecule has 1 atom stereocenters. The molecule has 0 aromatic heterocycles. The lowest BCUT2D eigenvalue weighted by atomic mass is 10.0. The molecule has 1 fully saturated rings. The molecule has 2 heterocycles. The van der Waals surface area contributed by atoms with Gasteiger partial charge in [0.25, 0.3) is 5.91 Å². The number of benzene rings is 1. The molecule has 3 rings (SSSR count). The Kier molecular flexibility index (Phi) is 5.42. The van der Waals surface area contributed by atoms with Gasteiger partial charge in [-0.2, -0.15) is 4.31 Å². The molecule has 1 aromatic carbocycles. The lowest BCUT2D eigenvalue weighted by Gasteiger charge is -2.30. The Bertz CT molecular complexity index is 910. The van der Waals surface area contributed by atoms with Crippen LogP contribution in [0.1, 0.15) is 45.6 Å². The number of nitrogens with zero attached hydrogens (tertiary/aromatic N) is 1. The van der Waals surface area contributed by atoms with Gasteiger partial charge in [0.05, 0.1) is 10.6 Å². The van der Waals surface area contributed by atoms with Crippen molar-refractivity contribution in [1.82, 2.24) is 9.62 Å². The standard InChI is InChI=1S/C19H27N3O5S/c1-5-19(3,4)21-18(24)14-7-6-8-22(14)28(25,26)16-10-15-13(9-12(16)2)20-17(23)11-27-15/h9-10,14H,5-8,11H2,1-4H3,(H,20,23)(H,21,24). The number of hydrogen-bond acceptors (Lipinski definition) is 5. The van der Waals surface area contributed by atoms with E-state index in [4.69, 9.17) is 4.74 Å². The Morgan fingerprint density at radius 1 is 1.39 bits per heavy atom. The highest BCUT2D eigenvalue weighted by Crippen LogP contribution is 2.36. The van der Waals surface area contributed by atoms with Gasteiger partial charge in [0.2, 0.25) is 15.9 Å². The molecule has 8 nitrogen and oxygen atoms in total. The average molecular weight is 410 g/mol. The van der Waals surface area contributed by atoms with E-state index in [1.807, 2.05) is 20.8 Å². The number of rotatable bonds is 5. The first kappa shape index (κ1) is 20.6. The molecule has 2 N–H and O–H groups in total. The van der Waals surface area contributed by atoms with Crippen molar-refractivity contribution >= 4 is 27.5 Å². The van der Waals surface area contributed by atoms with E-state index in [9.17, 15) is 18.0 Å². The van der Waals surface area contributed by atoms with Crippen molar-refractivity contribution in [3.8, 4) is 5.75 Å². The van der Waals surface area contributed by atoms with Crippen molar-refractivity contribution < 1.29 is 22.7 Å². The van der Waals surface area contributed by atoms with Crippen molar-refractivity contribution in [2.75, 3.05) is 18.5 Å². The lowest BCUT2D eigenvalue weighted by Crippen LogP contribution is -2.52. The number of aryl methyl sites for hydroxylation is 1. The summed E-state index contributed by atoms with van der Waals surface area (Å²) in [6.07, 6.45) is 1.85. The molecule has 1 unspecified atom stereocenters. The maximum atomic E-state index is 13.4. The number of sulfonamides is 1. The number of nitrogens with one attached hydrogen (secondary N) is 2. The predicted octanol–water partition coefficient (Wildman–Crippen LogP) is 1.78. The van der Waals surface area contributed by atoms with Crippen LogP contribution in [0.3, 0.4) is 0 Å². The molecular weight excluding hydrogens is 382 g/mol. The number of hydrogen-bond donors (Lipinski definition) is 2. The number of fused-ring (bicyclic) bond motifs is 1. The van der Waals surface area contributed by atoms with Crippen LogP contribution in [0.25, 0.3) is 0 Å². The monoisotopic (exact) mass is 409 g/mol. The van der Waals surface area contributed by atoms with Gasteiger partial charge in [-0.1, -0.05) is 6.92 Å². The quantitative estimate of drug-likeness (QED) is 0.771. The van der Waals surface area contributed by atoms with Crippen LogP contribution in [0.5, 0.6) is 5.75 Å². The fourth-order valence-electron chi connectivity index (χ4n) is 3.42. The third-order valence-electron chi connectivity index (χ3n) is 5.35. The first-order chi connectivity index (χ1) is 13.0. The highest BCUT2D eigenvalue weighted by molar-refractivity contribution is 7.89. The van der Waals surface area contributed by atoms with Crippen LogP contribution in [0.15, 0.2) is 17.0 Å². The Morgan fingerprint density at radius 2 is 2.11 bits per heavy atom. The maximum absolute atomic E-state index is 13.4. The molecule has 1 aromatic rings. The summed E-state index contributed by atoms with van der Waals surface area (Å²) in [6, 6.07) is 2.29. The Labute approximate surface area is 165 Å². The van der Waals surface area contributed by atoms with E-state index in [0.717, 1.165) is 6.42 Å². The van der Waals surface area contributed by atoms with E-state index < -0.39 is 21.6 Å². The first-order valence-electron chi connectivity index (χ1n) is 9.46. The molecule has 154 valence electrons. The molecule has 0 radical (unpaired) electrons. The summed E-state index contributed by atoms with van der Waals surface area (Å²) in [6.45, 7) is 7.60. The average Bonchev–Trinajstić information content (AvgIpc) is 3.11. The van der Waals surface area contributed by atoms with Gasteiger partial charge < -0.3 is 15.4 Å². The van der Waals surface area contributed by atoms with Gasteiger partial charge in [-0.3, -0.25) is 9.59 Å². The zero-order valence-corrected chi connectivity index (χ0v) is 17.5. The summed E-state index contributed by atoms with van der Waals surface area (Å²) >= 11 is 0. The number of carbonyl (C=O) groups excluding carboxylic acids is 2. The van der Waals surface area contributed by atoms with Gasteiger partial charge in [-0.15, -0.1) is 0 Å². The smallest absolute Gasteiger partial charge is 0.262 e. The molecule has 2 aliphatic heterocycles. The maximum Gasteiger partial charge on any atom is 0.262 e. The molecule has 0 aliphatic carbocycles. The molecule has 0 spiro atoms. The van der Waals surface area contributed by atoms with E-state index >= 15 is 0 Å². The Balaban J connectivity index is 1.92. The van der Waals surface area contributed by atoms with Gasteiger partial charge >= 0.3 is 0 Å². The Hall–Kier alpha value is -2.13. The fraction of sp³-hybridized carbons (Fsp3) is 0.579. The van der Waals surface area contributed by atoms with Crippen molar-refractivity contribution in [2.45, 2.75) is 63.4 Å². The van der Waals surface area contributed by atoms with E-state index in [-0.39, 0.29) is 23.3 Å². The van der Waals surface area contributed by atoms with Gasteiger partial charge in [-0.25, -0.2) is 8.42 Å². The molecular formula is C19H27N3O5S. The molecule has 2 aliphatic rings. The van der Waals surface area contributed by atoms with Gasteiger partial charge in [0, 0.05) is 18.2 Å². The van der Waals surface area contributed by atoms with Crippen molar-refractivity contribution in [2.24, 2.45) is 0 Å².